The van der Waals surface area contributed by atoms with E-state index in [1.54, 1.807) is 0 Å². The molecule has 0 aliphatic rings. The summed E-state index contributed by atoms with van der Waals surface area (Å²) in [6.07, 6.45) is 1.03. The van der Waals surface area contributed by atoms with Gasteiger partial charge in [-0.25, -0.2) is 0 Å². The lowest BCUT2D eigenvalue weighted by Gasteiger charge is -2.16. The van der Waals surface area contributed by atoms with Crippen LogP contribution in [-0.2, 0) is 15.9 Å². The molecule has 0 bridgehead atoms. The fourth-order valence-electron chi connectivity index (χ4n) is 1.79. The van der Waals surface area contributed by atoms with Gasteiger partial charge in [0.2, 0.25) is 0 Å². The number of ether oxygens (including phenoxy) is 2. The summed E-state index contributed by atoms with van der Waals surface area (Å²) in [7, 11) is 0. The van der Waals surface area contributed by atoms with Crippen LogP contribution in [0.3, 0.4) is 0 Å². The summed E-state index contributed by atoms with van der Waals surface area (Å²) in [4.78, 5) is 0. The Morgan fingerprint density at radius 3 is 1.94 bits per heavy atom. The normalized spacial score (nSPS) is 11.1. The first-order valence-electron chi connectivity index (χ1n) is 6.47. The van der Waals surface area contributed by atoms with Gasteiger partial charge in [-0.05, 0) is 32.8 Å². The molecule has 96 valence electrons. The third-order valence-electron chi connectivity index (χ3n) is 2.76. The highest BCUT2D eigenvalue weighted by atomic mass is 16.5. The van der Waals surface area contributed by atoms with Crippen LogP contribution in [0.25, 0.3) is 0 Å². The molecule has 2 nitrogen and oxygen atoms in total. The highest BCUT2D eigenvalue weighted by Gasteiger charge is 2.10. The lowest BCUT2D eigenvalue weighted by Crippen LogP contribution is -2.19. The molecule has 1 aromatic carbocycles. The molecule has 0 radical (unpaired) electrons. The van der Waals surface area contributed by atoms with Gasteiger partial charge in [-0.15, -0.1) is 0 Å². The van der Waals surface area contributed by atoms with Gasteiger partial charge in [0.15, 0.2) is 0 Å². The molecule has 0 saturated heterocycles. The minimum absolute atomic E-state index is 0.456. The van der Waals surface area contributed by atoms with Crippen molar-refractivity contribution in [2.75, 3.05) is 26.4 Å². The fraction of sp³-hybridized carbons (Fsp3) is 0.600. The number of hydrogen-bond acceptors (Lipinski definition) is 2. The predicted molar refractivity (Wildman–Crippen MR) is 71.4 cm³/mol. The molecule has 0 N–H and O–H groups in total. The summed E-state index contributed by atoms with van der Waals surface area (Å²) in [5, 5.41) is 0. The zero-order valence-corrected chi connectivity index (χ0v) is 11.2. The van der Waals surface area contributed by atoms with Crippen molar-refractivity contribution in [2.45, 2.75) is 27.2 Å². The molecule has 0 aliphatic heterocycles. The zero-order chi connectivity index (χ0) is 12.5. The summed E-state index contributed by atoms with van der Waals surface area (Å²) in [5.41, 5.74) is 2.67. The second-order valence-corrected chi connectivity index (χ2v) is 4.37. The van der Waals surface area contributed by atoms with Crippen molar-refractivity contribution in [1.82, 2.24) is 0 Å². The van der Waals surface area contributed by atoms with E-state index in [1.165, 1.54) is 11.1 Å². The third-order valence-corrected chi connectivity index (χ3v) is 2.76. The van der Waals surface area contributed by atoms with Gasteiger partial charge in [0.1, 0.15) is 0 Å². The molecular formula is C15H24O2. The molecule has 0 heterocycles. The molecular weight excluding hydrogens is 212 g/mol. The number of benzene rings is 1. The predicted octanol–water partition coefficient (Wildman–Crippen LogP) is 3.23. The Balaban J connectivity index is 2.48. The maximum absolute atomic E-state index is 5.51. The van der Waals surface area contributed by atoms with Crippen LogP contribution >= 0.6 is 0 Å². The second-order valence-electron chi connectivity index (χ2n) is 4.37. The van der Waals surface area contributed by atoms with Crippen LogP contribution in [-0.4, -0.2) is 26.4 Å². The first-order chi connectivity index (χ1) is 8.26. The Kier molecular flexibility index (Phi) is 6.90. The Labute approximate surface area is 105 Å². The van der Waals surface area contributed by atoms with Crippen LogP contribution in [0.4, 0.5) is 0 Å². The van der Waals surface area contributed by atoms with Gasteiger partial charge < -0.3 is 9.47 Å². The minimum Gasteiger partial charge on any atom is -0.381 e. The van der Waals surface area contributed by atoms with Crippen LogP contribution in [0, 0.1) is 12.8 Å². The van der Waals surface area contributed by atoms with E-state index in [-0.39, 0.29) is 0 Å². The van der Waals surface area contributed by atoms with Crippen LogP contribution in [0.15, 0.2) is 24.3 Å². The van der Waals surface area contributed by atoms with E-state index in [9.17, 15) is 0 Å². The molecule has 17 heavy (non-hydrogen) atoms. The second kappa shape index (κ2) is 8.26. The fourth-order valence-corrected chi connectivity index (χ4v) is 1.79. The van der Waals surface area contributed by atoms with Gasteiger partial charge in [0.25, 0.3) is 0 Å². The van der Waals surface area contributed by atoms with E-state index in [0.29, 0.717) is 5.92 Å². The summed E-state index contributed by atoms with van der Waals surface area (Å²) < 4.78 is 11.0. The van der Waals surface area contributed by atoms with Crippen molar-refractivity contribution < 1.29 is 9.47 Å². The highest BCUT2D eigenvalue weighted by molar-refractivity contribution is 5.21. The first kappa shape index (κ1) is 14.2. The third kappa shape index (κ3) is 5.85. The van der Waals surface area contributed by atoms with E-state index in [4.69, 9.17) is 9.47 Å². The Hall–Kier alpha value is -0.860. The van der Waals surface area contributed by atoms with Gasteiger partial charge >= 0.3 is 0 Å². The maximum atomic E-state index is 5.51. The minimum atomic E-state index is 0.456. The van der Waals surface area contributed by atoms with Crippen molar-refractivity contribution in [3.05, 3.63) is 35.4 Å². The quantitative estimate of drug-likeness (QED) is 0.690. The van der Waals surface area contributed by atoms with Crippen molar-refractivity contribution in [1.29, 1.82) is 0 Å². The Morgan fingerprint density at radius 2 is 1.47 bits per heavy atom. The monoisotopic (exact) mass is 236 g/mol. The summed E-state index contributed by atoms with van der Waals surface area (Å²) in [6.45, 7) is 9.29. The average Bonchev–Trinajstić information content (AvgIpc) is 2.35. The van der Waals surface area contributed by atoms with Crippen molar-refractivity contribution in [2.24, 2.45) is 5.92 Å². The van der Waals surface area contributed by atoms with E-state index >= 15 is 0 Å². The topological polar surface area (TPSA) is 18.5 Å². The van der Waals surface area contributed by atoms with Crippen LogP contribution in [0.1, 0.15) is 25.0 Å². The standard InChI is InChI=1S/C15H24O2/c1-4-16-11-15(12-17-5-2)10-14-8-6-13(3)7-9-14/h6-9,15H,4-5,10-12H2,1-3H3. The summed E-state index contributed by atoms with van der Waals surface area (Å²) in [5.74, 6) is 0.456. The van der Waals surface area contributed by atoms with Crippen molar-refractivity contribution in [3.63, 3.8) is 0 Å². The number of rotatable bonds is 8. The molecule has 0 atom stereocenters. The summed E-state index contributed by atoms with van der Waals surface area (Å²) in [6, 6.07) is 8.71. The Morgan fingerprint density at radius 1 is 0.941 bits per heavy atom. The maximum Gasteiger partial charge on any atom is 0.0519 e. The Bertz CT molecular complexity index is 284. The van der Waals surface area contributed by atoms with Crippen LogP contribution in [0.5, 0.6) is 0 Å². The molecule has 1 rings (SSSR count). The van der Waals surface area contributed by atoms with Crippen LogP contribution < -0.4 is 0 Å². The molecule has 0 unspecified atom stereocenters. The largest absolute Gasteiger partial charge is 0.381 e. The molecule has 0 amide bonds. The highest BCUT2D eigenvalue weighted by Crippen LogP contribution is 2.11. The van der Waals surface area contributed by atoms with Gasteiger partial charge in [-0.2, -0.15) is 0 Å². The van der Waals surface area contributed by atoms with E-state index in [0.717, 1.165) is 32.8 Å². The summed E-state index contributed by atoms with van der Waals surface area (Å²) >= 11 is 0. The van der Waals surface area contributed by atoms with Crippen molar-refractivity contribution >= 4 is 0 Å². The smallest absolute Gasteiger partial charge is 0.0519 e. The van der Waals surface area contributed by atoms with Gasteiger partial charge in [0.05, 0.1) is 13.2 Å². The number of hydrogen-bond donors (Lipinski definition) is 0. The molecule has 0 aromatic heterocycles. The lowest BCUT2D eigenvalue weighted by molar-refractivity contribution is 0.0482. The van der Waals surface area contributed by atoms with Gasteiger partial charge in [-0.3, -0.25) is 0 Å². The van der Waals surface area contributed by atoms with Crippen molar-refractivity contribution in [3.8, 4) is 0 Å². The van der Waals surface area contributed by atoms with Gasteiger partial charge in [0, 0.05) is 19.1 Å². The number of aryl methyl sites for hydroxylation is 1. The molecule has 0 fully saturated rings. The SMILES string of the molecule is CCOCC(COCC)Cc1ccc(C)cc1. The molecule has 0 aliphatic carbocycles. The molecule has 0 spiro atoms. The van der Waals surface area contributed by atoms with Crippen LogP contribution in [0.2, 0.25) is 0 Å². The molecule has 2 heteroatoms. The van der Waals surface area contributed by atoms with Gasteiger partial charge in [-0.1, -0.05) is 29.8 Å². The lowest BCUT2D eigenvalue weighted by atomic mass is 10.00. The molecule has 1 aromatic rings. The average molecular weight is 236 g/mol. The zero-order valence-electron chi connectivity index (χ0n) is 11.2. The van der Waals surface area contributed by atoms with E-state index in [2.05, 4.69) is 31.2 Å². The van der Waals surface area contributed by atoms with E-state index < -0.39 is 0 Å². The first-order valence-corrected chi connectivity index (χ1v) is 6.47. The van der Waals surface area contributed by atoms with E-state index in [1.807, 2.05) is 13.8 Å². The molecule has 0 saturated carbocycles.